The third-order valence-electron chi connectivity index (χ3n) is 4.82. The number of rotatable bonds is 3. The highest BCUT2D eigenvalue weighted by Gasteiger charge is 2.33. The summed E-state index contributed by atoms with van der Waals surface area (Å²) in [6.07, 6.45) is 4.66. The molecule has 1 aromatic carbocycles. The van der Waals surface area contributed by atoms with Gasteiger partial charge in [0.25, 0.3) is 0 Å². The second-order valence-electron chi connectivity index (χ2n) is 5.92. The smallest absolute Gasteiger partial charge is 0.0881 e. The molecule has 5 rings (SSSR count). The summed E-state index contributed by atoms with van der Waals surface area (Å²) in [5.74, 6) is 1.74. The zero-order valence-corrected chi connectivity index (χ0v) is 11.1. The van der Waals surface area contributed by atoms with E-state index in [0.29, 0.717) is 0 Å². The van der Waals surface area contributed by atoms with Gasteiger partial charge in [-0.1, -0.05) is 12.1 Å². The minimum Gasteiger partial charge on any atom is -0.383 e. The first-order chi connectivity index (χ1) is 9.40. The summed E-state index contributed by atoms with van der Waals surface area (Å²) in [7, 11) is 0. The lowest BCUT2D eigenvalue weighted by Gasteiger charge is -2.45. The molecule has 0 saturated carbocycles. The Balaban J connectivity index is 1.49. The van der Waals surface area contributed by atoms with Crippen LogP contribution in [0.1, 0.15) is 12.8 Å². The van der Waals surface area contributed by atoms with Gasteiger partial charge in [0.1, 0.15) is 0 Å². The van der Waals surface area contributed by atoms with Crippen molar-refractivity contribution in [1.82, 2.24) is 15.1 Å². The second kappa shape index (κ2) is 4.53. The number of nitrogens with one attached hydrogen (secondary N) is 2. The van der Waals surface area contributed by atoms with Gasteiger partial charge in [-0.15, -0.1) is 0 Å². The van der Waals surface area contributed by atoms with E-state index in [1.807, 2.05) is 6.20 Å². The molecule has 19 heavy (non-hydrogen) atoms. The zero-order chi connectivity index (χ0) is 12.7. The largest absolute Gasteiger partial charge is 0.383 e. The zero-order valence-electron chi connectivity index (χ0n) is 11.1. The molecule has 3 fully saturated rings. The highest BCUT2D eigenvalue weighted by molar-refractivity contribution is 5.89. The molecule has 2 N–H and O–H groups in total. The van der Waals surface area contributed by atoms with Gasteiger partial charge in [-0.2, -0.15) is 5.10 Å². The van der Waals surface area contributed by atoms with Gasteiger partial charge in [-0.05, 0) is 43.8 Å². The van der Waals surface area contributed by atoms with Crippen LogP contribution < -0.4 is 5.32 Å². The molecule has 0 radical (unpaired) electrons. The molecule has 3 aliphatic rings. The van der Waals surface area contributed by atoms with Crippen LogP contribution in [0.2, 0.25) is 0 Å². The molecule has 0 amide bonds. The van der Waals surface area contributed by atoms with Gasteiger partial charge in [-0.25, -0.2) is 0 Å². The quantitative estimate of drug-likeness (QED) is 0.885. The topological polar surface area (TPSA) is 44.0 Å². The summed E-state index contributed by atoms with van der Waals surface area (Å²) >= 11 is 0. The van der Waals surface area contributed by atoms with Crippen LogP contribution in [0.5, 0.6) is 0 Å². The van der Waals surface area contributed by atoms with Crippen LogP contribution >= 0.6 is 0 Å². The van der Waals surface area contributed by atoms with Crippen molar-refractivity contribution >= 4 is 16.6 Å². The van der Waals surface area contributed by atoms with E-state index in [1.54, 1.807) is 0 Å². The maximum Gasteiger partial charge on any atom is 0.0881 e. The highest BCUT2D eigenvalue weighted by Crippen LogP contribution is 2.32. The Morgan fingerprint density at radius 1 is 1.32 bits per heavy atom. The fourth-order valence-corrected chi connectivity index (χ4v) is 3.68. The van der Waals surface area contributed by atoms with Crippen molar-refractivity contribution in [2.75, 3.05) is 31.5 Å². The molecule has 100 valence electrons. The summed E-state index contributed by atoms with van der Waals surface area (Å²) in [4.78, 5) is 2.61. The van der Waals surface area contributed by atoms with Crippen LogP contribution in [0, 0.1) is 11.8 Å². The SMILES string of the molecule is c1cc(NC[C@H]2CN3CCC2CC3)c2[nH]ncc2c1. The van der Waals surface area contributed by atoms with Gasteiger partial charge < -0.3 is 10.2 Å². The van der Waals surface area contributed by atoms with E-state index in [0.717, 1.165) is 23.9 Å². The van der Waals surface area contributed by atoms with Gasteiger partial charge in [0.2, 0.25) is 0 Å². The molecule has 2 aromatic rings. The first-order valence-electron chi connectivity index (χ1n) is 7.28. The lowest BCUT2D eigenvalue weighted by molar-refractivity contribution is 0.0574. The normalized spacial score (nSPS) is 29.8. The number of piperidine rings is 3. The van der Waals surface area contributed by atoms with Gasteiger partial charge in [0, 0.05) is 18.5 Å². The van der Waals surface area contributed by atoms with E-state index in [4.69, 9.17) is 0 Å². The number of hydrogen-bond acceptors (Lipinski definition) is 3. The Bertz CT molecular complexity index is 568. The number of aromatic amines is 1. The molecule has 0 aliphatic carbocycles. The lowest BCUT2D eigenvalue weighted by Crippen LogP contribution is -2.49. The van der Waals surface area contributed by atoms with E-state index >= 15 is 0 Å². The van der Waals surface area contributed by atoms with Crippen molar-refractivity contribution in [2.24, 2.45) is 11.8 Å². The monoisotopic (exact) mass is 256 g/mol. The molecule has 0 unspecified atom stereocenters. The summed E-state index contributed by atoms with van der Waals surface area (Å²) in [5, 5.41) is 12.0. The van der Waals surface area contributed by atoms with E-state index in [-0.39, 0.29) is 0 Å². The Kier molecular flexibility index (Phi) is 2.69. The Morgan fingerprint density at radius 2 is 2.21 bits per heavy atom. The van der Waals surface area contributed by atoms with Crippen molar-refractivity contribution in [3.05, 3.63) is 24.4 Å². The van der Waals surface area contributed by atoms with Gasteiger partial charge in [0.05, 0.1) is 17.4 Å². The van der Waals surface area contributed by atoms with Crippen LogP contribution in [-0.4, -0.2) is 41.3 Å². The van der Waals surface area contributed by atoms with Crippen LogP contribution in [0.4, 0.5) is 5.69 Å². The van der Waals surface area contributed by atoms with Crippen molar-refractivity contribution in [3.63, 3.8) is 0 Å². The average molecular weight is 256 g/mol. The van der Waals surface area contributed by atoms with E-state index in [2.05, 4.69) is 38.6 Å². The van der Waals surface area contributed by atoms with Gasteiger partial charge >= 0.3 is 0 Å². The fourth-order valence-electron chi connectivity index (χ4n) is 3.68. The van der Waals surface area contributed by atoms with E-state index in [9.17, 15) is 0 Å². The minimum absolute atomic E-state index is 0.806. The second-order valence-corrected chi connectivity index (χ2v) is 5.92. The predicted octanol–water partition coefficient (Wildman–Crippen LogP) is 2.32. The van der Waals surface area contributed by atoms with Crippen LogP contribution in [-0.2, 0) is 0 Å². The maximum absolute atomic E-state index is 4.12. The Hall–Kier alpha value is -1.55. The molecular weight excluding hydrogens is 236 g/mol. The number of nitrogens with zero attached hydrogens (tertiary/aromatic N) is 2. The summed E-state index contributed by atoms with van der Waals surface area (Å²) in [6, 6.07) is 6.33. The molecule has 3 aliphatic heterocycles. The number of para-hydroxylation sites is 1. The molecule has 4 heteroatoms. The van der Waals surface area contributed by atoms with E-state index < -0.39 is 0 Å². The van der Waals surface area contributed by atoms with Crippen molar-refractivity contribution in [1.29, 1.82) is 0 Å². The van der Waals surface area contributed by atoms with Crippen LogP contribution in [0.3, 0.4) is 0 Å². The number of H-pyrrole nitrogens is 1. The minimum atomic E-state index is 0.806. The van der Waals surface area contributed by atoms with Gasteiger partial charge in [0.15, 0.2) is 0 Å². The van der Waals surface area contributed by atoms with Crippen molar-refractivity contribution < 1.29 is 0 Å². The predicted molar refractivity (Wildman–Crippen MR) is 77.2 cm³/mol. The summed E-state index contributed by atoms with van der Waals surface area (Å²) in [5.41, 5.74) is 2.32. The van der Waals surface area contributed by atoms with Gasteiger partial charge in [-0.3, -0.25) is 5.10 Å². The van der Waals surface area contributed by atoms with Crippen LogP contribution in [0.25, 0.3) is 10.9 Å². The number of anilines is 1. The molecule has 1 aromatic heterocycles. The molecule has 1 atom stereocenters. The number of hydrogen-bond donors (Lipinski definition) is 2. The summed E-state index contributed by atoms with van der Waals surface area (Å²) < 4.78 is 0. The first-order valence-corrected chi connectivity index (χ1v) is 7.28. The standard InChI is InChI=1S/C15H20N4/c1-2-12-9-17-18-15(12)14(3-1)16-8-13-10-19-6-4-11(13)5-7-19/h1-3,9,11,13,16H,4-8,10H2,(H,17,18)/t13-/m0/s1. The highest BCUT2D eigenvalue weighted by atomic mass is 15.2. The fraction of sp³-hybridized carbons (Fsp3) is 0.533. The molecule has 4 nitrogen and oxygen atoms in total. The summed E-state index contributed by atoms with van der Waals surface area (Å²) in [6.45, 7) is 4.99. The van der Waals surface area contributed by atoms with Crippen LogP contribution in [0.15, 0.2) is 24.4 Å². The lowest BCUT2D eigenvalue weighted by atomic mass is 9.79. The molecule has 3 saturated heterocycles. The molecular formula is C15H20N4. The first kappa shape index (κ1) is 11.3. The van der Waals surface area contributed by atoms with Crippen molar-refractivity contribution in [2.45, 2.75) is 12.8 Å². The third kappa shape index (κ3) is 2.00. The molecule has 2 bridgehead atoms. The average Bonchev–Trinajstić information content (AvgIpc) is 2.95. The van der Waals surface area contributed by atoms with E-state index in [1.165, 1.54) is 43.5 Å². The Labute approximate surface area is 113 Å². The molecule has 4 heterocycles. The number of benzene rings is 1. The number of aromatic nitrogens is 2. The maximum atomic E-state index is 4.12. The molecule has 0 spiro atoms. The Morgan fingerprint density at radius 3 is 3.00 bits per heavy atom. The number of fused-ring (bicyclic) bond motifs is 4. The van der Waals surface area contributed by atoms with Crippen molar-refractivity contribution in [3.8, 4) is 0 Å². The third-order valence-corrected chi connectivity index (χ3v) is 4.82.